The van der Waals surface area contributed by atoms with Crippen LogP contribution in [0, 0.1) is 6.92 Å². The van der Waals surface area contributed by atoms with Crippen molar-refractivity contribution in [3.05, 3.63) is 71.5 Å². The first kappa shape index (κ1) is 19.0. The normalized spacial score (nSPS) is 19.4. The van der Waals surface area contributed by atoms with E-state index in [1.54, 1.807) is 41.3 Å². The van der Waals surface area contributed by atoms with Crippen LogP contribution in [0.1, 0.15) is 23.1 Å². The summed E-state index contributed by atoms with van der Waals surface area (Å²) in [4.78, 5) is 4.21. The van der Waals surface area contributed by atoms with Crippen molar-refractivity contribution in [2.75, 3.05) is 6.54 Å². The minimum atomic E-state index is -4.61. The molecule has 1 unspecified atom stereocenters. The van der Waals surface area contributed by atoms with Crippen molar-refractivity contribution in [2.24, 2.45) is 4.99 Å². The summed E-state index contributed by atoms with van der Waals surface area (Å²) in [6.45, 7) is 1.36. The highest BCUT2D eigenvalue weighted by atomic mass is 19.4. The van der Waals surface area contributed by atoms with E-state index < -0.39 is 29.6 Å². The third-order valence-electron chi connectivity index (χ3n) is 5.29. The highest BCUT2D eigenvalue weighted by molar-refractivity contribution is 6.03. The molecule has 2 aromatic carbocycles. The van der Waals surface area contributed by atoms with E-state index in [1.807, 2.05) is 6.92 Å². The Hall–Kier alpha value is -3.29. The second-order valence-electron chi connectivity index (χ2n) is 7.21. The molecule has 2 N–H and O–H groups in total. The molecule has 0 amide bonds. The zero-order chi connectivity index (χ0) is 20.8. The van der Waals surface area contributed by atoms with Gasteiger partial charge in [0, 0.05) is 30.6 Å². The largest absolute Gasteiger partial charge is 0.508 e. The lowest BCUT2D eigenvalue weighted by Crippen LogP contribution is -2.43. The summed E-state index contributed by atoms with van der Waals surface area (Å²) in [7, 11) is 0. The van der Waals surface area contributed by atoms with Crippen LogP contribution in [0.15, 0.2) is 59.9 Å². The van der Waals surface area contributed by atoms with Gasteiger partial charge in [0.1, 0.15) is 16.9 Å². The number of aromatic nitrogens is 2. The maximum absolute atomic E-state index is 14.1. The maximum atomic E-state index is 14.1. The number of phenols is 2. The molecule has 5 nitrogen and oxygen atoms in total. The Balaban J connectivity index is 1.71. The molecule has 1 aliphatic rings. The van der Waals surface area contributed by atoms with Gasteiger partial charge in [-0.15, -0.1) is 0 Å². The third kappa shape index (κ3) is 3.24. The zero-order valence-electron chi connectivity index (χ0n) is 15.5. The summed E-state index contributed by atoms with van der Waals surface area (Å²) in [5.41, 5.74) is 0.124. The highest BCUT2D eigenvalue weighted by Crippen LogP contribution is 2.49. The fourth-order valence-electron chi connectivity index (χ4n) is 3.74. The van der Waals surface area contributed by atoms with Crippen molar-refractivity contribution in [2.45, 2.75) is 24.9 Å². The van der Waals surface area contributed by atoms with Gasteiger partial charge < -0.3 is 10.2 Å². The van der Waals surface area contributed by atoms with Gasteiger partial charge >= 0.3 is 6.18 Å². The van der Waals surface area contributed by atoms with Crippen LogP contribution in [0.25, 0.3) is 5.69 Å². The molecule has 0 bridgehead atoms. The predicted molar refractivity (Wildman–Crippen MR) is 102 cm³/mol. The van der Waals surface area contributed by atoms with Crippen LogP contribution in [-0.2, 0) is 5.41 Å². The molecule has 0 aliphatic carbocycles. The molecular weight excluding hydrogens is 383 g/mol. The Kier molecular flexibility index (Phi) is 4.37. The fraction of sp³-hybridized carbons (Fsp3) is 0.238. The van der Waals surface area contributed by atoms with Crippen molar-refractivity contribution >= 4 is 5.71 Å². The molecule has 3 aromatic rings. The van der Waals surface area contributed by atoms with Gasteiger partial charge in [0.05, 0.1) is 12.2 Å². The molecule has 1 aromatic heterocycles. The van der Waals surface area contributed by atoms with Gasteiger partial charge in [-0.2, -0.15) is 18.3 Å². The number of alkyl halides is 3. The van der Waals surface area contributed by atoms with Crippen molar-refractivity contribution < 1.29 is 23.4 Å². The zero-order valence-corrected chi connectivity index (χ0v) is 15.5. The molecule has 29 heavy (non-hydrogen) atoms. The molecule has 8 heteroatoms. The SMILES string of the molecule is Cc1cc(C2=NCC(c3cc(O)cc(O)c3)(C(F)(F)F)C2)ccc1-n1cccn1. The highest BCUT2D eigenvalue weighted by Gasteiger charge is 2.58. The van der Waals surface area contributed by atoms with Crippen LogP contribution < -0.4 is 0 Å². The molecule has 0 radical (unpaired) electrons. The van der Waals surface area contributed by atoms with Crippen LogP contribution in [-0.4, -0.2) is 38.4 Å². The standard InChI is InChI=1S/C21H18F3N3O2/c1-13-7-14(3-4-19(13)27-6-2-5-26-27)18-11-20(12-25-18,21(22,23)24)15-8-16(28)10-17(29)9-15/h2-10,28-29H,11-12H2,1H3. The Morgan fingerprint density at radius 3 is 2.38 bits per heavy atom. The van der Waals surface area contributed by atoms with Crippen LogP contribution in [0.2, 0.25) is 0 Å². The first-order valence-corrected chi connectivity index (χ1v) is 8.94. The van der Waals surface area contributed by atoms with E-state index in [0.717, 1.165) is 29.4 Å². The lowest BCUT2D eigenvalue weighted by Gasteiger charge is -2.31. The van der Waals surface area contributed by atoms with Gasteiger partial charge in [0.25, 0.3) is 0 Å². The summed E-state index contributed by atoms with van der Waals surface area (Å²) in [6.07, 6.45) is -1.54. The van der Waals surface area contributed by atoms with Crippen molar-refractivity contribution in [1.82, 2.24) is 9.78 Å². The average molecular weight is 401 g/mol. The van der Waals surface area contributed by atoms with E-state index in [9.17, 15) is 23.4 Å². The minimum absolute atomic E-state index is 0.203. The van der Waals surface area contributed by atoms with E-state index in [1.165, 1.54) is 0 Å². The van der Waals surface area contributed by atoms with Gasteiger partial charge in [0.2, 0.25) is 0 Å². The van der Waals surface area contributed by atoms with Crippen molar-refractivity contribution in [3.63, 3.8) is 0 Å². The number of benzene rings is 2. The number of nitrogens with zero attached hydrogens (tertiary/aromatic N) is 3. The number of aromatic hydroxyl groups is 2. The quantitative estimate of drug-likeness (QED) is 0.688. The van der Waals surface area contributed by atoms with E-state index in [4.69, 9.17) is 0 Å². The summed E-state index contributed by atoms with van der Waals surface area (Å²) in [5.74, 6) is -0.840. The molecule has 1 aliphatic heterocycles. The smallest absolute Gasteiger partial charge is 0.400 e. The Bertz CT molecular complexity index is 1070. The van der Waals surface area contributed by atoms with E-state index in [2.05, 4.69) is 10.1 Å². The molecular formula is C21H18F3N3O2. The molecule has 1 atom stereocenters. The summed E-state index contributed by atoms with van der Waals surface area (Å²) in [5, 5.41) is 23.6. The van der Waals surface area contributed by atoms with Crippen LogP contribution in [0.5, 0.6) is 11.5 Å². The molecule has 0 saturated carbocycles. The number of halogens is 3. The van der Waals surface area contributed by atoms with Gasteiger partial charge in [-0.1, -0.05) is 6.07 Å². The lowest BCUT2D eigenvalue weighted by atomic mass is 9.76. The van der Waals surface area contributed by atoms with Gasteiger partial charge in [-0.05, 0) is 53.9 Å². The first-order chi connectivity index (χ1) is 13.7. The Labute approximate surface area is 164 Å². The number of aryl methyl sites for hydroxylation is 1. The van der Waals surface area contributed by atoms with Crippen LogP contribution in [0.4, 0.5) is 13.2 Å². The first-order valence-electron chi connectivity index (χ1n) is 8.94. The number of aliphatic imine (C=N–C) groups is 1. The lowest BCUT2D eigenvalue weighted by molar-refractivity contribution is -0.183. The Morgan fingerprint density at radius 2 is 1.79 bits per heavy atom. The monoisotopic (exact) mass is 401 g/mol. The average Bonchev–Trinajstić information content (AvgIpc) is 3.31. The number of phenolic OH excluding ortho intramolecular Hbond substituents is 2. The van der Waals surface area contributed by atoms with Gasteiger partial charge in [-0.25, -0.2) is 4.68 Å². The molecule has 0 spiro atoms. The molecule has 2 heterocycles. The third-order valence-corrected chi connectivity index (χ3v) is 5.29. The molecule has 4 rings (SSSR count). The van der Waals surface area contributed by atoms with Crippen LogP contribution in [0.3, 0.4) is 0 Å². The van der Waals surface area contributed by atoms with E-state index >= 15 is 0 Å². The second kappa shape index (κ2) is 6.65. The minimum Gasteiger partial charge on any atom is -0.508 e. The number of rotatable bonds is 3. The van der Waals surface area contributed by atoms with Gasteiger partial charge in [0.15, 0.2) is 0 Å². The molecule has 0 saturated heterocycles. The van der Waals surface area contributed by atoms with Crippen molar-refractivity contribution in [3.8, 4) is 17.2 Å². The fourth-order valence-corrected chi connectivity index (χ4v) is 3.74. The molecule has 0 fully saturated rings. The summed E-state index contributed by atoms with van der Waals surface area (Å²) in [6, 6.07) is 10.2. The molecule has 150 valence electrons. The van der Waals surface area contributed by atoms with E-state index in [0.29, 0.717) is 11.3 Å². The van der Waals surface area contributed by atoms with E-state index in [-0.39, 0.29) is 12.0 Å². The number of hydrogen-bond donors (Lipinski definition) is 2. The van der Waals surface area contributed by atoms with Gasteiger partial charge in [-0.3, -0.25) is 4.99 Å². The summed E-state index contributed by atoms with van der Waals surface area (Å²) >= 11 is 0. The maximum Gasteiger partial charge on any atom is 0.400 e. The summed E-state index contributed by atoms with van der Waals surface area (Å²) < 4.78 is 44.1. The topological polar surface area (TPSA) is 70.6 Å². The second-order valence-corrected chi connectivity index (χ2v) is 7.21. The van der Waals surface area contributed by atoms with Crippen LogP contribution >= 0.6 is 0 Å². The predicted octanol–water partition coefficient (Wildman–Crippen LogP) is 4.29. The van der Waals surface area contributed by atoms with Crippen molar-refractivity contribution in [1.29, 1.82) is 0 Å². The Morgan fingerprint density at radius 1 is 1.07 bits per heavy atom. The number of hydrogen-bond acceptors (Lipinski definition) is 4.